The first-order valence-corrected chi connectivity index (χ1v) is 5.70. The van der Waals surface area contributed by atoms with Gasteiger partial charge in [0.1, 0.15) is 0 Å². The van der Waals surface area contributed by atoms with Gasteiger partial charge in [-0.25, -0.2) is 0 Å². The Morgan fingerprint density at radius 2 is 2.06 bits per heavy atom. The van der Waals surface area contributed by atoms with Crippen LogP contribution in [-0.2, 0) is 4.74 Å². The SMILES string of the molecule is COCCCNC(=O)c1ccccc1N(C)C. The molecular weight excluding hydrogens is 216 g/mol. The molecule has 0 aromatic heterocycles. The van der Waals surface area contributed by atoms with Gasteiger partial charge in [0.15, 0.2) is 0 Å². The maximum atomic E-state index is 12.0. The van der Waals surface area contributed by atoms with Crippen LogP contribution in [0.15, 0.2) is 24.3 Å². The Bertz CT molecular complexity index is 364. The molecule has 17 heavy (non-hydrogen) atoms. The lowest BCUT2D eigenvalue weighted by molar-refractivity contribution is 0.0949. The lowest BCUT2D eigenvalue weighted by Crippen LogP contribution is -2.27. The number of carbonyl (C=O) groups excluding carboxylic acids is 1. The molecule has 4 nitrogen and oxygen atoms in total. The van der Waals surface area contributed by atoms with Crippen molar-refractivity contribution >= 4 is 11.6 Å². The van der Waals surface area contributed by atoms with E-state index in [1.807, 2.05) is 43.3 Å². The topological polar surface area (TPSA) is 41.6 Å². The zero-order valence-corrected chi connectivity index (χ0v) is 10.7. The molecule has 0 bridgehead atoms. The molecular formula is C13H20N2O2. The second-order valence-electron chi connectivity index (χ2n) is 4.01. The molecule has 0 saturated carbocycles. The van der Waals surface area contributed by atoms with E-state index in [0.717, 1.165) is 12.1 Å². The molecule has 0 radical (unpaired) electrons. The lowest BCUT2D eigenvalue weighted by Gasteiger charge is -2.16. The quantitative estimate of drug-likeness (QED) is 0.761. The largest absolute Gasteiger partial charge is 0.385 e. The molecule has 1 aromatic carbocycles. The van der Waals surface area contributed by atoms with E-state index < -0.39 is 0 Å². The summed E-state index contributed by atoms with van der Waals surface area (Å²) in [6.07, 6.45) is 0.826. The molecule has 1 amide bonds. The maximum Gasteiger partial charge on any atom is 0.253 e. The summed E-state index contributed by atoms with van der Waals surface area (Å²) in [5.74, 6) is -0.0367. The van der Waals surface area contributed by atoms with Crippen LogP contribution in [0.3, 0.4) is 0 Å². The number of ether oxygens (including phenoxy) is 1. The van der Waals surface area contributed by atoms with E-state index in [2.05, 4.69) is 5.32 Å². The number of nitrogens with zero attached hydrogens (tertiary/aromatic N) is 1. The van der Waals surface area contributed by atoms with Gasteiger partial charge in [0, 0.05) is 40.0 Å². The van der Waals surface area contributed by atoms with Crippen molar-refractivity contribution in [2.24, 2.45) is 0 Å². The summed E-state index contributed by atoms with van der Waals surface area (Å²) in [5.41, 5.74) is 1.63. The molecule has 0 heterocycles. The van der Waals surface area contributed by atoms with Gasteiger partial charge in [0.2, 0.25) is 0 Å². The number of methoxy groups -OCH3 is 1. The number of hydrogen-bond donors (Lipinski definition) is 1. The predicted octanol–water partition coefficient (Wildman–Crippen LogP) is 1.52. The van der Waals surface area contributed by atoms with E-state index in [1.54, 1.807) is 7.11 Å². The molecule has 0 saturated heterocycles. The molecule has 0 aliphatic heterocycles. The summed E-state index contributed by atoms with van der Waals surface area (Å²) in [7, 11) is 5.51. The van der Waals surface area contributed by atoms with Crippen LogP contribution >= 0.6 is 0 Å². The number of anilines is 1. The average molecular weight is 236 g/mol. The van der Waals surface area contributed by atoms with Crippen LogP contribution in [0.2, 0.25) is 0 Å². The maximum absolute atomic E-state index is 12.0. The highest BCUT2D eigenvalue weighted by Gasteiger charge is 2.10. The minimum atomic E-state index is -0.0367. The van der Waals surface area contributed by atoms with Gasteiger partial charge in [-0.15, -0.1) is 0 Å². The number of rotatable bonds is 6. The van der Waals surface area contributed by atoms with Crippen LogP contribution in [0.5, 0.6) is 0 Å². The standard InChI is InChI=1S/C13H20N2O2/c1-15(2)12-8-5-4-7-11(12)13(16)14-9-6-10-17-3/h4-5,7-8H,6,9-10H2,1-3H3,(H,14,16). The highest BCUT2D eigenvalue weighted by Crippen LogP contribution is 2.17. The van der Waals surface area contributed by atoms with Gasteiger partial charge in [-0.2, -0.15) is 0 Å². The lowest BCUT2D eigenvalue weighted by atomic mass is 10.1. The molecule has 0 unspecified atom stereocenters. The molecule has 94 valence electrons. The van der Waals surface area contributed by atoms with Gasteiger partial charge in [-0.3, -0.25) is 4.79 Å². The molecule has 0 aliphatic rings. The van der Waals surface area contributed by atoms with Crippen LogP contribution in [-0.4, -0.2) is 40.3 Å². The third kappa shape index (κ3) is 4.07. The molecule has 0 spiro atoms. The normalized spacial score (nSPS) is 10.1. The minimum Gasteiger partial charge on any atom is -0.385 e. The Balaban J connectivity index is 2.62. The first-order valence-electron chi connectivity index (χ1n) is 5.70. The summed E-state index contributed by atoms with van der Waals surface area (Å²) in [4.78, 5) is 13.9. The monoisotopic (exact) mass is 236 g/mol. The van der Waals surface area contributed by atoms with Crippen molar-refractivity contribution in [2.75, 3.05) is 39.3 Å². The van der Waals surface area contributed by atoms with Crippen LogP contribution < -0.4 is 10.2 Å². The van der Waals surface area contributed by atoms with Crippen LogP contribution in [0.25, 0.3) is 0 Å². The summed E-state index contributed by atoms with van der Waals surface area (Å²) in [6, 6.07) is 7.57. The Morgan fingerprint density at radius 1 is 1.35 bits per heavy atom. The van der Waals surface area contributed by atoms with Crippen LogP contribution in [0, 0.1) is 0 Å². The Labute approximate surface area is 103 Å². The second-order valence-corrected chi connectivity index (χ2v) is 4.01. The number of benzene rings is 1. The summed E-state index contributed by atoms with van der Waals surface area (Å²) in [5, 5.41) is 2.88. The van der Waals surface area contributed by atoms with E-state index >= 15 is 0 Å². The molecule has 0 fully saturated rings. The molecule has 1 rings (SSSR count). The smallest absolute Gasteiger partial charge is 0.253 e. The van der Waals surface area contributed by atoms with E-state index in [0.29, 0.717) is 18.7 Å². The molecule has 4 heteroatoms. The zero-order valence-electron chi connectivity index (χ0n) is 10.7. The zero-order chi connectivity index (χ0) is 12.7. The first kappa shape index (κ1) is 13.5. The van der Waals surface area contributed by atoms with Crippen molar-refractivity contribution in [1.29, 1.82) is 0 Å². The van der Waals surface area contributed by atoms with Crippen molar-refractivity contribution in [3.05, 3.63) is 29.8 Å². The fraction of sp³-hybridized carbons (Fsp3) is 0.462. The number of nitrogens with one attached hydrogen (secondary N) is 1. The van der Waals surface area contributed by atoms with Crippen LogP contribution in [0.1, 0.15) is 16.8 Å². The fourth-order valence-electron chi connectivity index (χ4n) is 1.57. The number of carbonyl (C=O) groups is 1. The van der Waals surface area contributed by atoms with Gasteiger partial charge in [-0.05, 0) is 18.6 Å². The van der Waals surface area contributed by atoms with E-state index in [-0.39, 0.29) is 5.91 Å². The summed E-state index contributed by atoms with van der Waals surface area (Å²) >= 11 is 0. The van der Waals surface area contributed by atoms with Crippen molar-refractivity contribution in [3.8, 4) is 0 Å². The highest BCUT2D eigenvalue weighted by molar-refractivity contribution is 5.99. The number of para-hydroxylation sites is 1. The summed E-state index contributed by atoms with van der Waals surface area (Å²) in [6.45, 7) is 1.30. The molecule has 0 aliphatic carbocycles. The van der Waals surface area contributed by atoms with Gasteiger partial charge >= 0.3 is 0 Å². The van der Waals surface area contributed by atoms with Crippen molar-refractivity contribution in [2.45, 2.75) is 6.42 Å². The highest BCUT2D eigenvalue weighted by atomic mass is 16.5. The first-order chi connectivity index (χ1) is 8.16. The average Bonchev–Trinajstić information content (AvgIpc) is 2.34. The minimum absolute atomic E-state index is 0.0367. The van der Waals surface area contributed by atoms with Gasteiger partial charge < -0.3 is 15.0 Å². The van der Waals surface area contributed by atoms with Crippen LogP contribution in [0.4, 0.5) is 5.69 Å². The van der Waals surface area contributed by atoms with Gasteiger partial charge in [0.25, 0.3) is 5.91 Å². The van der Waals surface area contributed by atoms with E-state index in [4.69, 9.17) is 4.74 Å². The fourth-order valence-corrected chi connectivity index (χ4v) is 1.57. The summed E-state index contributed by atoms with van der Waals surface area (Å²) < 4.78 is 4.93. The molecule has 0 atom stereocenters. The molecule has 1 N–H and O–H groups in total. The predicted molar refractivity (Wildman–Crippen MR) is 69.6 cm³/mol. The number of amides is 1. The molecule has 1 aromatic rings. The van der Waals surface area contributed by atoms with Gasteiger partial charge in [-0.1, -0.05) is 12.1 Å². The third-order valence-electron chi connectivity index (χ3n) is 2.44. The number of hydrogen-bond acceptors (Lipinski definition) is 3. The Morgan fingerprint density at radius 3 is 2.71 bits per heavy atom. The Hall–Kier alpha value is -1.55. The Kier molecular flexibility index (Phi) is 5.49. The van der Waals surface area contributed by atoms with E-state index in [9.17, 15) is 4.79 Å². The third-order valence-corrected chi connectivity index (χ3v) is 2.44. The van der Waals surface area contributed by atoms with Crippen molar-refractivity contribution in [3.63, 3.8) is 0 Å². The van der Waals surface area contributed by atoms with Gasteiger partial charge in [0.05, 0.1) is 5.56 Å². The van der Waals surface area contributed by atoms with Crippen molar-refractivity contribution in [1.82, 2.24) is 5.32 Å². The van der Waals surface area contributed by atoms with Crippen molar-refractivity contribution < 1.29 is 9.53 Å². The van der Waals surface area contributed by atoms with E-state index in [1.165, 1.54) is 0 Å². The second kappa shape index (κ2) is 6.91.